The minimum Gasteiger partial charge on any atom is -0.324 e. The summed E-state index contributed by atoms with van der Waals surface area (Å²) in [5.74, 6) is 0.124. The molecule has 0 saturated heterocycles. The Labute approximate surface area is 69.4 Å². The van der Waals surface area contributed by atoms with Crippen LogP contribution in [0.5, 0.6) is 0 Å². The van der Waals surface area contributed by atoms with E-state index in [1.165, 1.54) is 0 Å². The lowest BCUT2D eigenvalue weighted by Gasteiger charge is -2.01. The van der Waals surface area contributed by atoms with Crippen molar-refractivity contribution in [3.05, 3.63) is 11.8 Å². The van der Waals surface area contributed by atoms with Gasteiger partial charge in [0.25, 0.3) is 0 Å². The Bertz CT molecular complexity index is 140. The summed E-state index contributed by atoms with van der Waals surface area (Å²) in [6, 6.07) is 0. The number of halogens is 1. The summed E-state index contributed by atoms with van der Waals surface area (Å²) in [5, 5.41) is 0. The minimum atomic E-state index is 0.124. The fourth-order valence-electron chi connectivity index (χ4n) is 0.358. The van der Waals surface area contributed by atoms with E-state index >= 15 is 0 Å². The van der Waals surface area contributed by atoms with Crippen LogP contribution < -0.4 is 0 Å². The molecule has 0 aliphatic rings. The van der Waals surface area contributed by atoms with Crippen LogP contribution in [-0.2, 0) is 4.79 Å². The third kappa shape index (κ3) is 4.44. The number of hydrogen-bond acceptors (Lipinski definition) is 2. The summed E-state index contributed by atoms with van der Waals surface area (Å²) in [6.07, 6.45) is 1.79. The van der Waals surface area contributed by atoms with E-state index in [1.807, 2.05) is 10.2 Å². The highest BCUT2D eigenvalue weighted by Gasteiger charge is 1.94. The molecule has 0 unspecified atom stereocenters. The van der Waals surface area contributed by atoms with Crippen molar-refractivity contribution in [2.24, 2.45) is 0 Å². The number of carbonyl (C=O) groups excluding carboxylic acids is 1. The van der Waals surface area contributed by atoms with Gasteiger partial charge in [-0.2, -0.15) is 0 Å². The maximum Gasteiger partial charge on any atom is 0.156 e. The van der Waals surface area contributed by atoms with Crippen molar-refractivity contribution >= 4 is 28.6 Å². The summed E-state index contributed by atoms with van der Waals surface area (Å²) in [5.41, 5.74) is 0.784. The fraction of sp³-hybridized carbons (Fsp3) is 0.500. The molecule has 3 heteroatoms. The Hall–Kier alpha value is -0.0600. The van der Waals surface area contributed by atoms with E-state index in [-0.39, 0.29) is 5.78 Å². The highest BCUT2D eigenvalue weighted by atomic mass is 127. The van der Waals surface area contributed by atoms with Gasteiger partial charge in [-0.3, -0.25) is 4.79 Å². The number of nitrogens with zero attached hydrogens (tertiary/aromatic N) is 1. The maximum absolute atomic E-state index is 10.6. The zero-order chi connectivity index (χ0) is 7.44. The average molecular weight is 239 g/mol. The van der Waals surface area contributed by atoms with E-state index in [0.717, 1.165) is 5.57 Å². The normalized spacial score (nSPS) is 11.3. The van der Waals surface area contributed by atoms with Gasteiger partial charge < -0.3 is 3.11 Å². The first-order valence-electron chi connectivity index (χ1n) is 2.62. The Kier molecular flexibility index (Phi) is 3.84. The third-order valence-corrected chi connectivity index (χ3v) is 1.21. The van der Waals surface area contributed by atoms with Gasteiger partial charge in [0.05, 0.1) is 22.9 Å². The van der Waals surface area contributed by atoms with E-state index in [4.69, 9.17) is 0 Å². The molecule has 2 nitrogen and oxygen atoms in total. The van der Waals surface area contributed by atoms with Gasteiger partial charge in [-0.05, 0) is 13.8 Å². The molecule has 0 N–H and O–H groups in total. The molecule has 0 heterocycles. The molecular weight excluding hydrogens is 229 g/mol. The van der Waals surface area contributed by atoms with Crippen molar-refractivity contribution in [3.8, 4) is 0 Å². The van der Waals surface area contributed by atoms with Crippen LogP contribution >= 0.6 is 22.9 Å². The molecule has 0 saturated carbocycles. The largest absolute Gasteiger partial charge is 0.324 e. The third-order valence-electron chi connectivity index (χ3n) is 0.927. The second kappa shape index (κ2) is 3.87. The zero-order valence-electron chi connectivity index (χ0n) is 5.81. The first-order chi connectivity index (χ1) is 4.04. The van der Waals surface area contributed by atoms with Gasteiger partial charge in [0.15, 0.2) is 5.78 Å². The zero-order valence-corrected chi connectivity index (χ0v) is 7.97. The molecular formula is C6H10INO. The van der Waals surface area contributed by atoms with Crippen molar-refractivity contribution in [3.63, 3.8) is 0 Å². The van der Waals surface area contributed by atoms with Gasteiger partial charge in [-0.1, -0.05) is 0 Å². The lowest BCUT2D eigenvalue weighted by atomic mass is 10.2. The Morgan fingerprint density at radius 3 is 2.11 bits per heavy atom. The van der Waals surface area contributed by atoms with Crippen LogP contribution in [0.25, 0.3) is 0 Å². The van der Waals surface area contributed by atoms with Gasteiger partial charge in [0.2, 0.25) is 0 Å². The van der Waals surface area contributed by atoms with E-state index in [2.05, 4.69) is 22.9 Å². The van der Waals surface area contributed by atoms with Crippen LogP contribution in [-0.4, -0.2) is 15.9 Å². The van der Waals surface area contributed by atoms with Gasteiger partial charge in [-0.15, -0.1) is 0 Å². The van der Waals surface area contributed by atoms with Gasteiger partial charge >= 0.3 is 0 Å². The fourth-order valence-corrected chi connectivity index (χ4v) is 0.776. The SMILES string of the molecule is CC(=O)/C(C)=C/N(C)I. The Morgan fingerprint density at radius 2 is 2.00 bits per heavy atom. The van der Waals surface area contributed by atoms with Crippen molar-refractivity contribution in [1.82, 2.24) is 3.11 Å². The molecule has 0 atom stereocenters. The highest BCUT2D eigenvalue weighted by Crippen LogP contribution is 2.00. The predicted octanol–water partition coefficient (Wildman–Crippen LogP) is 1.76. The molecule has 0 aromatic carbocycles. The number of carbonyl (C=O) groups is 1. The minimum absolute atomic E-state index is 0.124. The van der Waals surface area contributed by atoms with E-state index in [9.17, 15) is 4.79 Å². The molecule has 0 aromatic rings. The van der Waals surface area contributed by atoms with E-state index in [1.54, 1.807) is 20.0 Å². The van der Waals surface area contributed by atoms with Crippen molar-refractivity contribution < 1.29 is 4.79 Å². The standard InChI is InChI=1S/C6H10INO/c1-5(6(2)9)4-8(3)7/h4H,1-3H3/b5-4+. The number of rotatable bonds is 2. The predicted molar refractivity (Wildman–Crippen MR) is 46.2 cm³/mol. The summed E-state index contributed by atoms with van der Waals surface area (Å²) >= 11 is 2.10. The maximum atomic E-state index is 10.6. The molecule has 9 heavy (non-hydrogen) atoms. The van der Waals surface area contributed by atoms with Crippen molar-refractivity contribution in [1.29, 1.82) is 0 Å². The van der Waals surface area contributed by atoms with Gasteiger partial charge in [-0.25, -0.2) is 0 Å². The smallest absolute Gasteiger partial charge is 0.156 e. The first kappa shape index (κ1) is 8.94. The Balaban J connectivity index is 4.00. The molecule has 0 rings (SSSR count). The number of Topliss-reactive ketones (excluding diaryl/α,β-unsaturated/α-hetero) is 1. The molecule has 0 aliphatic carbocycles. The second-order valence-corrected chi connectivity index (χ2v) is 3.42. The first-order valence-corrected chi connectivity index (χ1v) is 3.58. The van der Waals surface area contributed by atoms with Crippen LogP contribution in [0.2, 0.25) is 0 Å². The topological polar surface area (TPSA) is 20.3 Å². The van der Waals surface area contributed by atoms with Crippen molar-refractivity contribution in [2.45, 2.75) is 13.8 Å². The molecule has 52 valence electrons. The number of allylic oxidation sites excluding steroid dienone is 1. The van der Waals surface area contributed by atoms with Crippen LogP contribution in [0.4, 0.5) is 0 Å². The number of hydrogen-bond donors (Lipinski definition) is 0. The molecule has 0 aliphatic heterocycles. The van der Waals surface area contributed by atoms with Crippen molar-refractivity contribution in [2.75, 3.05) is 7.05 Å². The van der Waals surface area contributed by atoms with Gasteiger partial charge in [0, 0.05) is 18.8 Å². The Morgan fingerprint density at radius 1 is 1.56 bits per heavy atom. The van der Waals surface area contributed by atoms with Crippen LogP contribution in [0.3, 0.4) is 0 Å². The molecule has 0 amide bonds. The molecule has 0 fully saturated rings. The molecule has 0 aromatic heterocycles. The summed E-state index contributed by atoms with van der Waals surface area (Å²) in [6.45, 7) is 3.36. The monoisotopic (exact) mass is 239 g/mol. The summed E-state index contributed by atoms with van der Waals surface area (Å²) in [4.78, 5) is 10.6. The lowest BCUT2D eigenvalue weighted by molar-refractivity contribution is -0.113. The highest BCUT2D eigenvalue weighted by molar-refractivity contribution is 14.1. The van der Waals surface area contributed by atoms with Crippen LogP contribution in [0.1, 0.15) is 13.8 Å². The van der Waals surface area contributed by atoms with Gasteiger partial charge in [0.1, 0.15) is 0 Å². The second-order valence-electron chi connectivity index (χ2n) is 1.89. The van der Waals surface area contributed by atoms with E-state index in [0.29, 0.717) is 0 Å². The lowest BCUT2D eigenvalue weighted by Crippen LogP contribution is -1.98. The summed E-state index contributed by atoms with van der Waals surface area (Å²) < 4.78 is 1.83. The summed E-state index contributed by atoms with van der Waals surface area (Å²) in [7, 11) is 1.88. The number of ketones is 1. The molecule has 0 radical (unpaired) electrons. The van der Waals surface area contributed by atoms with E-state index < -0.39 is 0 Å². The molecule has 0 bridgehead atoms. The van der Waals surface area contributed by atoms with Crippen LogP contribution in [0.15, 0.2) is 11.8 Å². The molecule has 0 spiro atoms. The average Bonchev–Trinajstić information content (AvgIpc) is 1.63. The van der Waals surface area contributed by atoms with Crippen LogP contribution in [0, 0.1) is 0 Å². The quantitative estimate of drug-likeness (QED) is 0.415.